The maximum atomic E-state index is 12.9. The maximum absolute atomic E-state index is 12.9. The van der Waals surface area contributed by atoms with Crippen molar-refractivity contribution in [1.29, 1.82) is 5.26 Å². The predicted molar refractivity (Wildman–Crippen MR) is 140 cm³/mol. The number of carbonyl (C=O) groups is 2. The van der Waals surface area contributed by atoms with Crippen molar-refractivity contribution >= 4 is 17.7 Å². The number of rotatable bonds is 13. The molecule has 0 bridgehead atoms. The number of benzene rings is 3. The number of allylic oxidation sites excluding steroid dienone is 1. The van der Waals surface area contributed by atoms with E-state index in [1.807, 2.05) is 24.3 Å². The van der Waals surface area contributed by atoms with Gasteiger partial charge in [-0.1, -0.05) is 36.4 Å². The average molecular weight is 517 g/mol. The molecule has 0 aromatic heterocycles. The number of aliphatic hydroxyl groups is 1. The zero-order valence-corrected chi connectivity index (χ0v) is 20.5. The molecule has 0 aliphatic carbocycles. The summed E-state index contributed by atoms with van der Waals surface area (Å²) in [5, 5.41) is 29.6. The Kier molecular flexibility index (Phi) is 10.7. The Morgan fingerprint density at radius 3 is 2.32 bits per heavy atom. The second kappa shape index (κ2) is 14.7. The summed E-state index contributed by atoms with van der Waals surface area (Å²) in [6.07, 6.45) is 0.993. The summed E-state index contributed by atoms with van der Waals surface area (Å²) >= 11 is 0. The minimum Gasteiger partial charge on any atom is -0.491 e. The molecule has 9 nitrogen and oxygen atoms in total. The van der Waals surface area contributed by atoms with Crippen LogP contribution in [0.5, 0.6) is 11.5 Å². The quantitative estimate of drug-likeness (QED) is 0.267. The van der Waals surface area contributed by atoms with Crippen molar-refractivity contribution in [3.63, 3.8) is 0 Å². The van der Waals surface area contributed by atoms with Gasteiger partial charge >= 0.3 is 12.1 Å². The number of carbonyl (C=O) groups excluding carboxylic acids is 1. The molecule has 0 heterocycles. The number of para-hydroxylation sites is 1. The molecular formula is C29H28N2O7. The van der Waals surface area contributed by atoms with Crippen LogP contribution in [0.15, 0.2) is 91.0 Å². The van der Waals surface area contributed by atoms with Crippen molar-refractivity contribution in [3.05, 3.63) is 102 Å². The lowest BCUT2D eigenvalue weighted by atomic mass is 10.00. The predicted octanol–water partition coefficient (Wildman–Crippen LogP) is 5.09. The van der Waals surface area contributed by atoms with Crippen molar-refractivity contribution in [3.8, 4) is 17.6 Å². The molecule has 196 valence electrons. The first-order valence-corrected chi connectivity index (χ1v) is 11.9. The summed E-state index contributed by atoms with van der Waals surface area (Å²) < 4.78 is 17.5. The molecule has 3 aromatic rings. The Morgan fingerprint density at radius 1 is 0.974 bits per heavy atom. The van der Waals surface area contributed by atoms with E-state index in [9.17, 15) is 9.59 Å². The number of nitriles is 1. The second-order valence-corrected chi connectivity index (χ2v) is 8.07. The second-order valence-electron chi connectivity index (χ2n) is 8.07. The Morgan fingerprint density at radius 2 is 1.68 bits per heavy atom. The molecule has 0 aliphatic rings. The highest BCUT2D eigenvalue weighted by atomic mass is 16.6. The third kappa shape index (κ3) is 9.00. The Bertz CT molecular complexity index is 1240. The molecule has 3 rings (SSSR count). The number of aliphatic hydroxyl groups excluding tert-OH is 1. The van der Waals surface area contributed by atoms with Gasteiger partial charge in [0.1, 0.15) is 24.2 Å². The Balaban J connectivity index is 1.88. The smallest absolute Gasteiger partial charge is 0.412 e. The molecular weight excluding hydrogens is 488 g/mol. The van der Waals surface area contributed by atoms with Crippen LogP contribution >= 0.6 is 0 Å². The molecule has 38 heavy (non-hydrogen) atoms. The van der Waals surface area contributed by atoms with E-state index in [1.54, 1.807) is 60.7 Å². The first-order chi connectivity index (χ1) is 18.5. The lowest BCUT2D eigenvalue weighted by Crippen LogP contribution is -2.31. The van der Waals surface area contributed by atoms with Crippen molar-refractivity contribution in [2.24, 2.45) is 0 Å². The topological polar surface area (TPSA) is 138 Å². The summed E-state index contributed by atoms with van der Waals surface area (Å²) in [7, 11) is 0. The van der Waals surface area contributed by atoms with Crippen LogP contribution in [0.1, 0.15) is 30.1 Å². The number of carboxylic acid groups (broad SMARTS) is 1. The number of nitrogens with one attached hydrogen (secondary N) is 1. The fourth-order valence-electron chi connectivity index (χ4n) is 3.56. The number of anilines is 1. The number of amides is 1. The molecule has 3 aromatic carbocycles. The van der Waals surface area contributed by atoms with E-state index in [1.165, 1.54) is 6.08 Å². The van der Waals surface area contributed by atoms with Crippen LogP contribution in [0.2, 0.25) is 0 Å². The zero-order valence-electron chi connectivity index (χ0n) is 20.5. The highest BCUT2D eigenvalue weighted by Gasteiger charge is 2.29. The van der Waals surface area contributed by atoms with Crippen molar-refractivity contribution in [2.45, 2.75) is 25.0 Å². The van der Waals surface area contributed by atoms with Gasteiger partial charge in [-0.2, -0.15) is 5.26 Å². The van der Waals surface area contributed by atoms with Gasteiger partial charge in [-0.3, -0.25) is 5.32 Å². The lowest BCUT2D eigenvalue weighted by molar-refractivity contribution is -0.131. The third-order valence-corrected chi connectivity index (χ3v) is 5.31. The molecule has 0 spiro atoms. The van der Waals surface area contributed by atoms with Gasteiger partial charge in [-0.05, 0) is 66.9 Å². The molecule has 0 radical (unpaired) electrons. The van der Waals surface area contributed by atoms with Crippen LogP contribution in [-0.2, 0) is 9.53 Å². The third-order valence-electron chi connectivity index (χ3n) is 5.31. The summed E-state index contributed by atoms with van der Waals surface area (Å²) in [4.78, 5) is 23.9. The summed E-state index contributed by atoms with van der Waals surface area (Å²) in [5.74, 6) is 0.0378. The monoisotopic (exact) mass is 516 g/mol. The van der Waals surface area contributed by atoms with Crippen LogP contribution < -0.4 is 14.8 Å². The minimum atomic E-state index is -1.06. The maximum Gasteiger partial charge on any atom is 0.412 e. The molecule has 0 aliphatic heterocycles. The zero-order chi connectivity index (χ0) is 27.2. The van der Waals surface area contributed by atoms with E-state index in [4.69, 9.17) is 29.7 Å². The van der Waals surface area contributed by atoms with E-state index in [0.29, 0.717) is 41.2 Å². The van der Waals surface area contributed by atoms with Gasteiger partial charge in [-0.25, -0.2) is 9.59 Å². The van der Waals surface area contributed by atoms with E-state index >= 15 is 0 Å². The Labute approximate surface area is 220 Å². The SMILES string of the molecule is N#Cc1ccc(NC(=O)O[C@@H](c2ccc(OCCO)cc2)[C@H](CC/C=C/C(=O)O)Oc2ccccc2)cc1. The van der Waals surface area contributed by atoms with Gasteiger partial charge < -0.3 is 24.4 Å². The lowest BCUT2D eigenvalue weighted by Gasteiger charge is -2.28. The van der Waals surface area contributed by atoms with E-state index < -0.39 is 24.3 Å². The largest absolute Gasteiger partial charge is 0.491 e. The molecule has 2 atom stereocenters. The minimum absolute atomic E-state index is 0.125. The van der Waals surface area contributed by atoms with E-state index in [-0.39, 0.29) is 13.2 Å². The number of carboxylic acids is 1. The van der Waals surface area contributed by atoms with Gasteiger partial charge in [0.05, 0.1) is 18.2 Å². The van der Waals surface area contributed by atoms with Crippen LogP contribution in [0.3, 0.4) is 0 Å². The fraction of sp³-hybridized carbons (Fsp3) is 0.207. The van der Waals surface area contributed by atoms with Crippen molar-refractivity contribution in [2.75, 3.05) is 18.5 Å². The van der Waals surface area contributed by atoms with Crippen molar-refractivity contribution in [1.82, 2.24) is 0 Å². The van der Waals surface area contributed by atoms with Crippen molar-refractivity contribution < 1.29 is 34.0 Å². The normalized spacial score (nSPS) is 12.2. The molecule has 0 saturated heterocycles. The highest BCUT2D eigenvalue weighted by Crippen LogP contribution is 2.30. The van der Waals surface area contributed by atoms with E-state index in [2.05, 4.69) is 5.32 Å². The number of ether oxygens (including phenoxy) is 3. The van der Waals surface area contributed by atoms with Crippen LogP contribution in [-0.4, -0.2) is 41.6 Å². The fourth-order valence-corrected chi connectivity index (χ4v) is 3.56. The first kappa shape index (κ1) is 27.8. The standard InChI is InChI=1S/C29H28N2O7/c30-20-21-10-14-23(15-11-21)31-29(35)38-28(22-12-16-24(17-13-22)36-19-18-32)26(8-4-5-9-27(33)34)37-25-6-2-1-3-7-25/h1-3,5-7,9-17,26,28,32H,4,8,18-19H2,(H,31,35)(H,33,34)/b9-5+/t26-,28-/m0/s1. The van der Waals surface area contributed by atoms with Gasteiger partial charge in [0.15, 0.2) is 6.10 Å². The van der Waals surface area contributed by atoms with Crippen LogP contribution in [0.25, 0.3) is 0 Å². The van der Waals surface area contributed by atoms with Crippen LogP contribution in [0.4, 0.5) is 10.5 Å². The number of nitrogens with zero attached hydrogens (tertiary/aromatic N) is 1. The molecule has 0 unspecified atom stereocenters. The molecule has 0 fully saturated rings. The molecule has 9 heteroatoms. The summed E-state index contributed by atoms with van der Waals surface area (Å²) in [5.41, 5.74) is 1.53. The Hall–Kier alpha value is -4.81. The van der Waals surface area contributed by atoms with Gasteiger partial charge in [-0.15, -0.1) is 0 Å². The highest BCUT2D eigenvalue weighted by molar-refractivity contribution is 5.84. The molecule has 3 N–H and O–H groups in total. The van der Waals surface area contributed by atoms with Gasteiger partial charge in [0.2, 0.25) is 0 Å². The summed E-state index contributed by atoms with van der Waals surface area (Å²) in [6.45, 7) is 0.0157. The average Bonchev–Trinajstić information content (AvgIpc) is 2.93. The van der Waals surface area contributed by atoms with Crippen LogP contribution in [0, 0.1) is 11.3 Å². The van der Waals surface area contributed by atoms with Gasteiger partial charge in [0.25, 0.3) is 0 Å². The van der Waals surface area contributed by atoms with E-state index in [0.717, 1.165) is 6.08 Å². The number of hydrogen-bond acceptors (Lipinski definition) is 7. The first-order valence-electron chi connectivity index (χ1n) is 11.9. The summed E-state index contributed by atoms with van der Waals surface area (Å²) in [6, 6.07) is 24.3. The molecule has 1 amide bonds. The number of aliphatic carboxylic acids is 1. The molecule has 0 saturated carbocycles. The van der Waals surface area contributed by atoms with Gasteiger partial charge in [0, 0.05) is 11.8 Å². The number of hydrogen-bond donors (Lipinski definition) is 3.